The van der Waals surface area contributed by atoms with Crippen LogP contribution in [0.4, 0.5) is 5.82 Å². The van der Waals surface area contributed by atoms with Gasteiger partial charge < -0.3 is 10.4 Å². The second-order valence-corrected chi connectivity index (χ2v) is 4.58. The molecule has 0 amide bonds. The molecular weight excluding hydrogens is 224 g/mol. The Morgan fingerprint density at radius 1 is 1.56 bits per heavy atom. The van der Waals surface area contributed by atoms with E-state index >= 15 is 0 Å². The summed E-state index contributed by atoms with van der Waals surface area (Å²) in [5.74, 6) is 1.88. The molecule has 0 aliphatic carbocycles. The van der Waals surface area contributed by atoms with Gasteiger partial charge in [0.15, 0.2) is 5.69 Å². The fourth-order valence-electron chi connectivity index (χ4n) is 1.19. The number of carbonyl (C=O) groups is 1. The van der Waals surface area contributed by atoms with E-state index in [0.717, 1.165) is 24.5 Å². The highest BCUT2D eigenvalue weighted by Crippen LogP contribution is 2.06. The summed E-state index contributed by atoms with van der Waals surface area (Å²) >= 11 is 1.90. The number of nitrogens with one attached hydrogen (secondary N) is 1. The van der Waals surface area contributed by atoms with E-state index in [9.17, 15) is 4.79 Å². The SMILES string of the molecule is CCSCCCNc1cccc(C(=O)O)n1. The van der Waals surface area contributed by atoms with Crippen molar-refractivity contribution >= 4 is 23.5 Å². The average Bonchev–Trinajstić information content (AvgIpc) is 2.29. The smallest absolute Gasteiger partial charge is 0.354 e. The van der Waals surface area contributed by atoms with Crippen LogP contribution in [0.25, 0.3) is 0 Å². The molecule has 16 heavy (non-hydrogen) atoms. The Kier molecular flexibility index (Phi) is 5.71. The predicted octanol–water partition coefficient (Wildman–Crippen LogP) is 2.33. The maximum absolute atomic E-state index is 10.7. The molecule has 0 aliphatic rings. The fourth-order valence-corrected chi connectivity index (χ4v) is 1.82. The quantitative estimate of drug-likeness (QED) is 0.716. The third-order valence-electron chi connectivity index (χ3n) is 1.94. The van der Waals surface area contributed by atoms with Crippen LogP contribution in [0, 0.1) is 0 Å². The highest BCUT2D eigenvalue weighted by Gasteiger charge is 2.04. The number of anilines is 1. The molecule has 2 N–H and O–H groups in total. The highest BCUT2D eigenvalue weighted by atomic mass is 32.2. The van der Waals surface area contributed by atoms with Crippen molar-refractivity contribution in [2.45, 2.75) is 13.3 Å². The summed E-state index contributed by atoms with van der Waals surface area (Å²) in [5.41, 5.74) is 0.0768. The maximum Gasteiger partial charge on any atom is 0.354 e. The van der Waals surface area contributed by atoms with Crippen molar-refractivity contribution in [2.75, 3.05) is 23.4 Å². The molecule has 0 atom stereocenters. The zero-order valence-electron chi connectivity index (χ0n) is 9.27. The number of carboxylic acid groups (broad SMARTS) is 1. The van der Waals surface area contributed by atoms with Crippen LogP contribution in [-0.4, -0.2) is 34.1 Å². The van der Waals surface area contributed by atoms with Gasteiger partial charge in [-0.1, -0.05) is 13.0 Å². The van der Waals surface area contributed by atoms with Crippen LogP contribution in [0.15, 0.2) is 18.2 Å². The molecule has 5 heteroatoms. The topological polar surface area (TPSA) is 62.2 Å². The van der Waals surface area contributed by atoms with Gasteiger partial charge in [-0.05, 0) is 30.1 Å². The Balaban J connectivity index is 2.36. The number of aromatic carboxylic acids is 1. The van der Waals surface area contributed by atoms with Gasteiger partial charge in [0.05, 0.1) is 0 Å². The Morgan fingerprint density at radius 2 is 2.38 bits per heavy atom. The highest BCUT2D eigenvalue weighted by molar-refractivity contribution is 7.99. The molecular formula is C11H16N2O2S. The third kappa shape index (κ3) is 4.53. The number of carboxylic acids is 1. The Morgan fingerprint density at radius 3 is 3.06 bits per heavy atom. The minimum Gasteiger partial charge on any atom is -0.477 e. The van der Waals surface area contributed by atoms with Crippen molar-refractivity contribution in [1.29, 1.82) is 0 Å². The van der Waals surface area contributed by atoms with Gasteiger partial charge in [0.25, 0.3) is 0 Å². The van der Waals surface area contributed by atoms with E-state index in [-0.39, 0.29) is 5.69 Å². The van der Waals surface area contributed by atoms with Gasteiger partial charge in [0.1, 0.15) is 5.82 Å². The van der Waals surface area contributed by atoms with E-state index in [2.05, 4.69) is 17.2 Å². The van der Waals surface area contributed by atoms with Crippen molar-refractivity contribution in [1.82, 2.24) is 4.98 Å². The first kappa shape index (κ1) is 12.8. The van der Waals surface area contributed by atoms with Crippen LogP contribution < -0.4 is 5.32 Å². The van der Waals surface area contributed by atoms with E-state index in [1.54, 1.807) is 12.1 Å². The Labute approximate surface area is 99.5 Å². The lowest BCUT2D eigenvalue weighted by Gasteiger charge is -2.05. The third-order valence-corrected chi connectivity index (χ3v) is 2.93. The molecule has 0 fully saturated rings. The normalized spacial score (nSPS) is 10.1. The van der Waals surface area contributed by atoms with Gasteiger partial charge >= 0.3 is 5.97 Å². The lowest BCUT2D eigenvalue weighted by Crippen LogP contribution is -2.07. The second-order valence-electron chi connectivity index (χ2n) is 3.19. The monoisotopic (exact) mass is 240 g/mol. The fraction of sp³-hybridized carbons (Fsp3) is 0.455. The summed E-state index contributed by atoms with van der Waals surface area (Å²) in [4.78, 5) is 14.6. The van der Waals surface area contributed by atoms with Crippen LogP contribution in [0.2, 0.25) is 0 Å². The van der Waals surface area contributed by atoms with Crippen LogP contribution in [0.1, 0.15) is 23.8 Å². The zero-order chi connectivity index (χ0) is 11.8. The molecule has 0 aromatic carbocycles. The van der Waals surface area contributed by atoms with Crippen LogP contribution in [-0.2, 0) is 0 Å². The van der Waals surface area contributed by atoms with Gasteiger partial charge in [-0.2, -0.15) is 11.8 Å². The maximum atomic E-state index is 10.7. The summed E-state index contributed by atoms with van der Waals surface area (Å²) in [5, 5.41) is 11.9. The number of hydrogen-bond acceptors (Lipinski definition) is 4. The van der Waals surface area contributed by atoms with Crippen LogP contribution in [0.5, 0.6) is 0 Å². The van der Waals surface area contributed by atoms with Crippen molar-refractivity contribution < 1.29 is 9.90 Å². The second kappa shape index (κ2) is 7.11. The molecule has 0 spiro atoms. The number of hydrogen-bond donors (Lipinski definition) is 2. The molecule has 0 saturated heterocycles. The molecule has 4 nitrogen and oxygen atoms in total. The zero-order valence-corrected chi connectivity index (χ0v) is 10.1. The summed E-state index contributed by atoms with van der Waals surface area (Å²) in [6.07, 6.45) is 1.05. The predicted molar refractivity (Wildman–Crippen MR) is 67.3 cm³/mol. The molecule has 1 heterocycles. The summed E-state index contributed by atoms with van der Waals surface area (Å²) in [6, 6.07) is 4.96. The number of pyridine rings is 1. The van der Waals surface area contributed by atoms with Crippen molar-refractivity contribution in [3.05, 3.63) is 23.9 Å². The number of aromatic nitrogens is 1. The van der Waals surface area contributed by atoms with Gasteiger partial charge in [-0.15, -0.1) is 0 Å². The Bertz CT molecular complexity index is 345. The van der Waals surface area contributed by atoms with Gasteiger partial charge in [0.2, 0.25) is 0 Å². The molecule has 0 bridgehead atoms. The lowest BCUT2D eigenvalue weighted by molar-refractivity contribution is 0.0690. The van der Waals surface area contributed by atoms with Crippen molar-refractivity contribution in [2.24, 2.45) is 0 Å². The summed E-state index contributed by atoms with van der Waals surface area (Å²) in [6.45, 7) is 2.96. The molecule has 1 aromatic heterocycles. The summed E-state index contributed by atoms with van der Waals surface area (Å²) < 4.78 is 0. The molecule has 88 valence electrons. The molecule has 1 rings (SSSR count). The van der Waals surface area contributed by atoms with Gasteiger partial charge in [0, 0.05) is 6.54 Å². The molecule has 0 unspecified atom stereocenters. The van der Waals surface area contributed by atoms with Crippen LogP contribution >= 0.6 is 11.8 Å². The van der Waals surface area contributed by atoms with E-state index < -0.39 is 5.97 Å². The first-order valence-electron chi connectivity index (χ1n) is 5.26. The summed E-state index contributed by atoms with van der Waals surface area (Å²) in [7, 11) is 0. The first-order chi connectivity index (χ1) is 7.74. The largest absolute Gasteiger partial charge is 0.477 e. The standard InChI is InChI=1S/C11H16N2O2S/c1-2-16-8-4-7-12-10-6-3-5-9(13-10)11(14)15/h3,5-6H,2,4,7-8H2,1H3,(H,12,13)(H,14,15). The van der Waals surface area contributed by atoms with Gasteiger partial charge in [-0.3, -0.25) is 0 Å². The average molecular weight is 240 g/mol. The molecule has 0 saturated carbocycles. The molecule has 0 radical (unpaired) electrons. The number of nitrogens with zero attached hydrogens (tertiary/aromatic N) is 1. The minimum atomic E-state index is -0.995. The first-order valence-corrected chi connectivity index (χ1v) is 6.41. The lowest BCUT2D eigenvalue weighted by atomic mass is 10.3. The van der Waals surface area contributed by atoms with E-state index in [4.69, 9.17) is 5.11 Å². The molecule has 0 aliphatic heterocycles. The van der Waals surface area contributed by atoms with E-state index in [1.165, 1.54) is 6.07 Å². The minimum absolute atomic E-state index is 0.0768. The van der Waals surface area contributed by atoms with E-state index in [0.29, 0.717) is 5.82 Å². The Hall–Kier alpha value is -1.23. The number of rotatable bonds is 7. The molecule has 1 aromatic rings. The van der Waals surface area contributed by atoms with Crippen molar-refractivity contribution in [3.63, 3.8) is 0 Å². The van der Waals surface area contributed by atoms with E-state index in [1.807, 2.05) is 11.8 Å². The van der Waals surface area contributed by atoms with Crippen LogP contribution in [0.3, 0.4) is 0 Å². The number of thioether (sulfide) groups is 1. The van der Waals surface area contributed by atoms with Gasteiger partial charge in [-0.25, -0.2) is 9.78 Å². The van der Waals surface area contributed by atoms with Crippen molar-refractivity contribution in [3.8, 4) is 0 Å².